The van der Waals surface area contributed by atoms with Gasteiger partial charge in [0.2, 0.25) is 0 Å². The molecule has 1 aliphatic carbocycles. The first kappa shape index (κ1) is 5.10. The fourth-order valence-electron chi connectivity index (χ4n) is 1.26. The number of hydrogen-bond donors (Lipinski definition) is 0. The lowest BCUT2D eigenvalue weighted by Crippen LogP contribution is -1.98. The van der Waals surface area contributed by atoms with Gasteiger partial charge in [-0.3, -0.25) is 0 Å². The molecule has 1 unspecified atom stereocenters. The van der Waals surface area contributed by atoms with Crippen molar-refractivity contribution in [1.82, 2.24) is 0 Å². The van der Waals surface area contributed by atoms with Gasteiger partial charge in [-0.15, -0.1) is 0 Å². The van der Waals surface area contributed by atoms with Gasteiger partial charge in [0.05, 0.1) is 12.4 Å². The zero-order chi connectivity index (χ0) is 6.10. The molecule has 1 heterocycles. The summed E-state index contributed by atoms with van der Waals surface area (Å²) in [5.74, 6) is 1.74. The van der Waals surface area contributed by atoms with Crippen LogP contribution < -0.4 is 0 Å². The minimum Gasteiger partial charge on any atom is -0.497 e. The molecular weight excluding hydrogens is 112 g/mol. The standard InChI is InChI=1S/C8H9O/c1-2-4-8-7(3-1)5-6-9-8/h1-2,4-5,7H,3,6H2. The fraction of sp³-hybridized carbons (Fsp3) is 0.375. The van der Waals surface area contributed by atoms with Gasteiger partial charge in [0, 0.05) is 12.3 Å². The molecule has 0 N–H and O–H groups in total. The first-order valence-corrected chi connectivity index (χ1v) is 3.29. The number of hydrogen-bond acceptors (Lipinski definition) is 1. The SMILES string of the molecule is [CH]1COC2=CC=CCC12. The van der Waals surface area contributed by atoms with Crippen LogP contribution in [-0.4, -0.2) is 6.61 Å². The van der Waals surface area contributed by atoms with Gasteiger partial charge in [0.25, 0.3) is 0 Å². The Bertz CT molecular complexity index is 167. The monoisotopic (exact) mass is 121 g/mol. The van der Waals surface area contributed by atoms with E-state index in [4.69, 9.17) is 4.74 Å². The van der Waals surface area contributed by atoms with Crippen LogP contribution in [0.15, 0.2) is 24.0 Å². The second-order valence-corrected chi connectivity index (χ2v) is 2.39. The van der Waals surface area contributed by atoms with Crippen molar-refractivity contribution in [1.29, 1.82) is 0 Å². The largest absolute Gasteiger partial charge is 0.497 e. The topological polar surface area (TPSA) is 9.23 Å². The normalized spacial score (nSPS) is 31.1. The molecule has 0 amide bonds. The maximum absolute atomic E-state index is 5.31. The molecular formula is C8H9O. The molecule has 1 fully saturated rings. The van der Waals surface area contributed by atoms with Crippen LogP contribution in [0, 0.1) is 12.3 Å². The lowest BCUT2D eigenvalue weighted by Gasteiger charge is -2.08. The van der Waals surface area contributed by atoms with E-state index in [-0.39, 0.29) is 0 Å². The highest BCUT2D eigenvalue weighted by Crippen LogP contribution is 2.29. The van der Waals surface area contributed by atoms with Crippen molar-refractivity contribution in [3.8, 4) is 0 Å². The Morgan fingerprint density at radius 2 is 2.56 bits per heavy atom. The summed E-state index contributed by atoms with van der Waals surface area (Å²) in [5, 5.41) is 0. The lowest BCUT2D eigenvalue weighted by atomic mass is 9.98. The van der Waals surface area contributed by atoms with Crippen molar-refractivity contribution in [2.75, 3.05) is 6.61 Å². The van der Waals surface area contributed by atoms with Crippen molar-refractivity contribution in [3.05, 3.63) is 30.4 Å². The Hall–Kier alpha value is -0.720. The Morgan fingerprint density at radius 3 is 3.44 bits per heavy atom. The summed E-state index contributed by atoms with van der Waals surface area (Å²) in [6.45, 7) is 0.804. The average Bonchev–Trinajstić information content (AvgIpc) is 2.33. The second-order valence-electron chi connectivity index (χ2n) is 2.39. The predicted molar refractivity (Wildman–Crippen MR) is 35.6 cm³/mol. The maximum Gasteiger partial charge on any atom is 0.0997 e. The highest BCUT2D eigenvalue weighted by atomic mass is 16.5. The molecule has 0 aromatic carbocycles. The summed E-state index contributed by atoms with van der Waals surface area (Å²) in [7, 11) is 0. The van der Waals surface area contributed by atoms with Crippen molar-refractivity contribution < 1.29 is 4.74 Å². The van der Waals surface area contributed by atoms with Gasteiger partial charge in [-0.25, -0.2) is 0 Å². The second kappa shape index (κ2) is 1.90. The van der Waals surface area contributed by atoms with Gasteiger partial charge >= 0.3 is 0 Å². The van der Waals surface area contributed by atoms with E-state index in [0.29, 0.717) is 5.92 Å². The van der Waals surface area contributed by atoms with Crippen LogP contribution in [0.25, 0.3) is 0 Å². The Balaban J connectivity index is 2.23. The highest BCUT2D eigenvalue weighted by molar-refractivity contribution is 5.21. The number of ether oxygens (including phenoxy) is 1. The van der Waals surface area contributed by atoms with Gasteiger partial charge in [-0.2, -0.15) is 0 Å². The minimum atomic E-state index is 0.593. The van der Waals surface area contributed by atoms with Gasteiger partial charge in [-0.1, -0.05) is 12.2 Å². The van der Waals surface area contributed by atoms with Crippen LogP contribution in [0.1, 0.15) is 6.42 Å². The van der Waals surface area contributed by atoms with Crippen molar-refractivity contribution in [2.24, 2.45) is 5.92 Å². The third-order valence-electron chi connectivity index (χ3n) is 1.78. The van der Waals surface area contributed by atoms with Crippen LogP contribution in [0.2, 0.25) is 0 Å². The summed E-state index contributed by atoms with van der Waals surface area (Å²) >= 11 is 0. The molecule has 1 nitrogen and oxygen atoms in total. The van der Waals surface area contributed by atoms with Crippen LogP contribution in [0.3, 0.4) is 0 Å². The Morgan fingerprint density at radius 1 is 1.56 bits per heavy atom. The van der Waals surface area contributed by atoms with Gasteiger partial charge in [0.15, 0.2) is 0 Å². The van der Waals surface area contributed by atoms with Crippen LogP contribution in [0.4, 0.5) is 0 Å². The van der Waals surface area contributed by atoms with Gasteiger partial charge < -0.3 is 4.74 Å². The molecule has 1 radical (unpaired) electrons. The number of fused-ring (bicyclic) bond motifs is 1. The Labute approximate surface area is 55.0 Å². The van der Waals surface area contributed by atoms with E-state index in [2.05, 4.69) is 24.6 Å². The molecule has 1 saturated heterocycles. The van der Waals surface area contributed by atoms with E-state index in [1.54, 1.807) is 0 Å². The van der Waals surface area contributed by atoms with Crippen molar-refractivity contribution >= 4 is 0 Å². The van der Waals surface area contributed by atoms with E-state index in [0.717, 1.165) is 18.8 Å². The molecule has 1 aliphatic heterocycles. The first-order valence-electron chi connectivity index (χ1n) is 3.29. The van der Waals surface area contributed by atoms with Gasteiger partial charge in [0.1, 0.15) is 0 Å². The third-order valence-corrected chi connectivity index (χ3v) is 1.78. The lowest BCUT2D eigenvalue weighted by molar-refractivity contribution is 0.264. The van der Waals surface area contributed by atoms with E-state index in [9.17, 15) is 0 Å². The quantitative estimate of drug-likeness (QED) is 0.473. The molecule has 0 saturated carbocycles. The molecule has 1 atom stereocenters. The average molecular weight is 121 g/mol. The molecule has 2 rings (SSSR count). The predicted octanol–water partition coefficient (Wildman–Crippen LogP) is 1.68. The van der Waals surface area contributed by atoms with Crippen molar-refractivity contribution in [3.63, 3.8) is 0 Å². The van der Waals surface area contributed by atoms with E-state index < -0.39 is 0 Å². The van der Waals surface area contributed by atoms with Crippen LogP contribution >= 0.6 is 0 Å². The number of allylic oxidation sites excluding steroid dienone is 4. The maximum atomic E-state index is 5.31. The molecule has 0 aromatic rings. The zero-order valence-corrected chi connectivity index (χ0v) is 5.21. The molecule has 0 spiro atoms. The summed E-state index contributed by atoms with van der Waals surface area (Å²) in [6, 6.07) is 0. The first-order chi connectivity index (χ1) is 4.47. The summed E-state index contributed by atoms with van der Waals surface area (Å²) < 4.78 is 5.31. The molecule has 0 aromatic heterocycles. The smallest absolute Gasteiger partial charge is 0.0997 e. The number of rotatable bonds is 0. The van der Waals surface area contributed by atoms with Crippen molar-refractivity contribution in [2.45, 2.75) is 6.42 Å². The van der Waals surface area contributed by atoms with E-state index >= 15 is 0 Å². The molecule has 2 aliphatic rings. The summed E-state index contributed by atoms with van der Waals surface area (Å²) in [6.07, 6.45) is 9.64. The molecule has 9 heavy (non-hydrogen) atoms. The zero-order valence-electron chi connectivity index (χ0n) is 5.21. The summed E-state index contributed by atoms with van der Waals surface area (Å²) in [4.78, 5) is 0. The molecule has 1 heteroatoms. The van der Waals surface area contributed by atoms with E-state index in [1.165, 1.54) is 0 Å². The minimum absolute atomic E-state index is 0.593. The van der Waals surface area contributed by atoms with Crippen LogP contribution in [-0.2, 0) is 4.74 Å². The highest BCUT2D eigenvalue weighted by Gasteiger charge is 2.22. The third kappa shape index (κ3) is 0.766. The summed E-state index contributed by atoms with van der Waals surface area (Å²) in [5.41, 5.74) is 0. The fourth-order valence-corrected chi connectivity index (χ4v) is 1.26. The molecule has 47 valence electrons. The van der Waals surface area contributed by atoms with Crippen LogP contribution in [0.5, 0.6) is 0 Å². The van der Waals surface area contributed by atoms with Gasteiger partial charge in [-0.05, 0) is 12.5 Å². The molecule has 0 bridgehead atoms. The van der Waals surface area contributed by atoms with E-state index in [1.807, 2.05) is 0 Å². The Kier molecular flexibility index (Phi) is 1.08.